The zero-order valence-electron chi connectivity index (χ0n) is 9.57. The van der Waals surface area contributed by atoms with E-state index in [9.17, 15) is 18.3 Å². The third-order valence-electron chi connectivity index (χ3n) is 2.90. The van der Waals surface area contributed by atoms with E-state index in [0.29, 0.717) is 19.8 Å². The van der Waals surface area contributed by atoms with Gasteiger partial charge in [0.15, 0.2) is 0 Å². The van der Waals surface area contributed by atoms with Crippen LogP contribution in [-0.4, -0.2) is 30.5 Å². The summed E-state index contributed by atoms with van der Waals surface area (Å²) >= 11 is 0. The normalized spacial score (nSPS) is 24.4. The molecule has 0 aromatic heterocycles. The van der Waals surface area contributed by atoms with Crippen LogP contribution < -0.4 is 5.32 Å². The van der Waals surface area contributed by atoms with Gasteiger partial charge in [-0.05, 0) is 17.7 Å². The van der Waals surface area contributed by atoms with Crippen molar-refractivity contribution in [3.63, 3.8) is 0 Å². The molecule has 0 radical (unpaired) electrons. The molecule has 100 valence electrons. The van der Waals surface area contributed by atoms with Crippen molar-refractivity contribution in [3.8, 4) is 0 Å². The van der Waals surface area contributed by atoms with Gasteiger partial charge in [0.25, 0.3) is 0 Å². The van der Waals surface area contributed by atoms with Crippen LogP contribution in [0.1, 0.15) is 11.1 Å². The standard InChI is InChI=1S/C12H14F3NO2/c13-12(14,15)9-3-1-8(2-4-9)5-16-10-6-18-7-11(10)17/h1-4,10-11,16-17H,5-7H2. The lowest BCUT2D eigenvalue weighted by atomic mass is 10.1. The highest BCUT2D eigenvalue weighted by atomic mass is 19.4. The molecule has 18 heavy (non-hydrogen) atoms. The average Bonchev–Trinajstić information content (AvgIpc) is 2.72. The van der Waals surface area contributed by atoms with Gasteiger partial charge in [0, 0.05) is 6.54 Å². The molecular formula is C12H14F3NO2. The number of nitrogens with one attached hydrogen (secondary N) is 1. The highest BCUT2D eigenvalue weighted by Crippen LogP contribution is 2.29. The zero-order valence-corrected chi connectivity index (χ0v) is 9.57. The van der Waals surface area contributed by atoms with Gasteiger partial charge in [0.1, 0.15) is 0 Å². The minimum Gasteiger partial charge on any atom is -0.389 e. The molecule has 0 saturated carbocycles. The third kappa shape index (κ3) is 3.22. The summed E-state index contributed by atoms with van der Waals surface area (Å²) < 4.78 is 42.1. The second-order valence-corrected chi connectivity index (χ2v) is 4.29. The summed E-state index contributed by atoms with van der Waals surface area (Å²) in [5.74, 6) is 0. The average molecular weight is 261 g/mol. The first-order valence-corrected chi connectivity index (χ1v) is 5.62. The van der Waals surface area contributed by atoms with Gasteiger partial charge in [-0.2, -0.15) is 13.2 Å². The van der Waals surface area contributed by atoms with Gasteiger partial charge in [0.2, 0.25) is 0 Å². The summed E-state index contributed by atoms with van der Waals surface area (Å²) in [6.07, 6.45) is -4.86. The topological polar surface area (TPSA) is 41.5 Å². The molecule has 0 amide bonds. The van der Waals surface area contributed by atoms with E-state index in [4.69, 9.17) is 4.74 Å². The summed E-state index contributed by atoms with van der Waals surface area (Å²) in [6.45, 7) is 1.12. The van der Waals surface area contributed by atoms with Gasteiger partial charge in [-0.1, -0.05) is 12.1 Å². The van der Waals surface area contributed by atoms with E-state index >= 15 is 0 Å². The SMILES string of the molecule is OC1COCC1NCc1ccc(C(F)(F)F)cc1. The van der Waals surface area contributed by atoms with Crippen molar-refractivity contribution < 1.29 is 23.0 Å². The number of hydrogen-bond donors (Lipinski definition) is 2. The number of aliphatic hydroxyl groups is 1. The van der Waals surface area contributed by atoms with Gasteiger partial charge in [0.05, 0.1) is 30.9 Å². The fourth-order valence-electron chi connectivity index (χ4n) is 1.80. The van der Waals surface area contributed by atoms with E-state index < -0.39 is 17.8 Å². The largest absolute Gasteiger partial charge is 0.416 e. The summed E-state index contributed by atoms with van der Waals surface area (Å²) in [6, 6.07) is 4.81. The molecule has 3 nitrogen and oxygen atoms in total. The molecule has 0 spiro atoms. The second-order valence-electron chi connectivity index (χ2n) is 4.29. The molecule has 1 aromatic carbocycles. The maximum Gasteiger partial charge on any atom is 0.416 e. The van der Waals surface area contributed by atoms with Crippen LogP contribution in [-0.2, 0) is 17.5 Å². The van der Waals surface area contributed by atoms with Gasteiger partial charge in [-0.15, -0.1) is 0 Å². The Morgan fingerprint density at radius 3 is 2.39 bits per heavy atom. The summed E-state index contributed by atoms with van der Waals surface area (Å²) in [5.41, 5.74) is 0.0811. The number of rotatable bonds is 3. The summed E-state index contributed by atoms with van der Waals surface area (Å²) in [5, 5.41) is 12.5. The van der Waals surface area contributed by atoms with E-state index in [1.165, 1.54) is 12.1 Å². The number of hydrogen-bond acceptors (Lipinski definition) is 3. The van der Waals surface area contributed by atoms with Crippen molar-refractivity contribution in [1.82, 2.24) is 5.32 Å². The molecule has 1 saturated heterocycles. The monoisotopic (exact) mass is 261 g/mol. The maximum atomic E-state index is 12.3. The first-order chi connectivity index (χ1) is 8.47. The molecule has 2 atom stereocenters. The Morgan fingerprint density at radius 2 is 1.89 bits per heavy atom. The first kappa shape index (κ1) is 13.3. The molecular weight excluding hydrogens is 247 g/mol. The smallest absolute Gasteiger partial charge is 0.389 e. The van der Waals surface area contributed by atoms with Crippen LogP contribution in [0, 0.1) is 0 Å². The lowest BCUT2D eigenvalue weighted by molar-refractivity contribution is -0.137. The van der Waals surface area contributed by atoms with Crippen LogP contribution in [0.15, 0.2) is 24.3 Å². The number of alkyl halides is 3. The fourth-order valence-corrected chi connectivity index (χ4v) is 1.80. The predicted octanol–water partition coefficient (Wildman–Crippen LogP) is 1.55. The van der Waals surface area contributed by atoms with E-state index in [1.54, 1.807) is 0 Å². The van der Waals surface area contributed by atoms with Crippen molar-refractivity contribution in [2.75, 3.05) is 13.2 Å². The lowest BCUT2D eigenvalue weighted by Crippen LogP contribution is -2.38. The number of halogens is 3. The van der Waals surface area contributed by atoms with Gasteiger partial charge >= 0.3 is 6.18 Å². The van der Waals surface area contributed by atoms with Gasteiger partial charge in [-0.3, -0.25) is 0 Å². The maximum absolute atomic E-state index is 12.3. The van der Waals surface area contributed by atoms with Crippen LogP contribution in [0.4, 0.5) is 13.2 Å². The summed E-state index contributed by atoms with van der Waals surface area (Å²) in [4.78, 5) is 0. The minimum absolute atomic E-state index is 0.160. The number of ether oxygens (including phenoxy) is 1. The molecule has 1 heterocycles. The molecule has 1 aliphatic rings. The third-order valence-corrected chi connectivity index (χ3v) is 2.90. The minimum atomic E-state index is -4.30. The highest BCUT2D eigenvalue weighted by Gasteiger charge is 2.30. The van der Waals surface area contributed by atoms with Crippen LogP contribution in [0.5, 0.6) is 0 Å². The molecule has 0 aliphatic carbocycles. The summed E-state index contributed by atoms with van der Waals surface area (Å²) in [7, 11) is 0. The molecule has 0 bridgehead atoms. The van der Waals surface area contributed by atoms with Crippen molar-refractivity contribution in [1.29, 1.82) is 0 Å². The predicted molar refractivity (Wildman–Crippen MR) is 58.9 cm³/mol. The van der Waals surface area contributed by atoms with Crippen molar-refractivity contribution in [2.24, 2.45) is 0 Å². The van der Waals surface area contributed by atoms with Crippen LogP contribution >= 0.6 is 0 Å². The molecule has 2 unspecified atom stereocenters. The zero-order chi connectivity index (χ0) is 13.2. The highest BCUT2D eigenvalue weighted by molar-refractivity contribution is 5.24. The molecule has 6 heteroatoms. The van der Waals surface area contributed by atoms with E-state index in [-0.39, 0.29) is 6.04 Å². The molecule has 2 rings (SSSR count). The Hall–Kier alpha value is -1.11. The van der Waals surface area contributed by atoms with Crippen molar-refractivity contribution in [3.05, 3.63) is 35.4 Å². The van der Waals surface area contributed by atoms with E-state index in [2.05, 4.69) is 5.32 Å². The Morgan fingerprint density at radius 1 is 1.22 bits per heavy atom. The molecule has 1 aromatic rings. The Bertz CT molecular complexity index is 391. The van der Waals surface area contributed by atoms with E-state index in [0.717, 1.165) is 17.7 Å². The quantitative estimate of drug-likeness (QED) is 0.867. The Balaban J connectivity index is 1.90. The number of aliphatic hydroxyl groups excluding tert-OH is 1. The lowest BCUT2D eigenvalue weighted by Gasteiger charge is -2.14. The second kappa shape index (κ2) is 5.26. The Kier molecular flexibility index (Phi) is 3.89. The molecule has 1 aliphatic heterocycles. The molecule has 1 fully saturated rings. The van der Waals surface area contributed by atoms with Gasteiger partial charge < -0.3 is 15.2 Å². The van der Waals surface area contributed by atoms with Crippen LogP contribution in [0.3, 0.4) is 0 Å². The first-order valence-electron chi connectivity index (χ1n) is 5.62. The van der Waals surface area contributed by atoms with Crippen molar-refractivity contribution in [2.45, 2.75) is 24.9 Å². The molecule has 2 N–H and O–H groups in total. The Labute approximate surface area is 103 Å². The van der Waals surface area contributed by atoms with Crippen LogP contribution in [0.25, 0.3) is 0 Å². The number of benzene rings is 1. The van der Waals surface area contributed by atoms with Crippen molar-refractivity contribution >= 4 is 0 Å². The van der Waals surface area contributed by atoms with E-state index in [1.807, 2.05) is 0 Å². The fraction of sp³-hybridized carbons (Fsp3) is 0.500. The van der Waals surface area contributed by atoms with Crippen LogP contribution in [0.2, 0.25) is 0 Å². The van der Waals surface area contributed by atoms with Gasteiger partial charge in [-0.25, -0.2) is 0 Å².